The quantitative estimate of drug-likeness (QED) is 0.893. The lowest BCUT2D eigenvalue weighted by molar-refractivity contribution is -0.142. The number of hydrogen-bond donors (Lipinski definition) is 1. The highest BCUT2D eigenvalue weighted by atomic mass is 35.5. The number of nitrogens with zero attached hydrogens (tertiary/aromatic N) is 3. The number of carboxylic acids is 1. The standard InChI is InChI=1S/C11H14ClN3O3/c1-6-4-15(5-7(6)10(16)17)9-8(12)3-13-11(14-9)18-2/h3,6-7H,4-5H2,1-2H3,(H,16,17). The van der Waals surface area contributed by atoms with Crippen molar-refractivity contribution in [3.63, 3.8) is 0 Å². The van der Waals surface area contributed by atoms with Crippen LogP contribution in [0.15, 0.2) is 6.20 Å². The second kappa shape index (κ2) is 4.97. The molecule has 0 bridgehead atoms. The molecule has 7 heteroatoms. The lowest BCUT2D eigenvalue weighted by atomic mass is 9.99. The van der Waals surface area contributed by atoms with Gasteiger partial charge in [0.1, 0.15) is 5.02 Å². The molecule has 0 spiro atoms. The van der Waals surface area contributed by atoms with E-state index in [4.69, 9.17) is 21.4 Å². The molecule has 0 aliphatic carbocycles. The number of hydrogen-bond acceptors (Lipinski definition) is 5. The van der Waals surface area contributed by atoms with Gasteiger partial charge in [0.2, 0.25) is 0 Å². The van der Waals surface area contributed by atoms with Gasteiger partial charge in [0.05, 0.1) is 19.2 Å². The van der Waals surface area contributed by atoms with Crippen LogP contribution >= 0.6 is 11.6 Å². The third-order valence-corrected chi connectivity index (χ3v) is 3.38. The van der Waals surface area contributed by atoms with Crippen molar-refractivity contribution in [2.45, 2.75) is 6.92 Å². The van der Waals surface area contributed by atoms with Gasteiger partial charge in [-0.2, -0.15) is 4.98 Å². The summed E-state index contributed by atoms with van der Waals surface area (Å²) in [5, 5.41) is 9.50. The number of methoxy groups -OCH3 is 1. The van der Waals surface area contributed by atoms with Gasteiger partial charge in [-0.1, -0.05) is 18.5 Å². The van der Waals surface area contributed by atoms with Crippen LogP contribution in [0.4, 0.5) is 5.82 Å². The molecule has 1 aliphatic heterocycles. The van der Waals surface area contributed by atoms with Crippen molar-refractivity contribution in [3.05, 3.63) is 11.2 Å². The molecular formula is C11H14ClN3O3. The van der Waals surface area contributed by atoms with Gasteiger partial charge in [-0.3, -0.25) is 4.79 Å². The minimum absolute atomic E-state index is 0.0551. The predicted octanol–water partition coefficient (Wildman–Crippen LogP) is 1.30. The zero-order valence-corrected chi connectivity index (χ0v) is 10.9. The summed E-state index contributed by atoms with van der Waals surface area (Å²) in [6.07, 6.45) is 1.46. The summed E-state index contributed by atoms with van der Waals surface area (Å²) >= 11 is 6.04. The van der Waals surface area contributed by atoms with Gasteiger partial charge in [0.15, 0.2) is 5.82 Å². The highest BCUT2D eigenvalue weighted by Gasteiger charge is 2.36. The molecule has 1 saturated heterocycles. The molecule has 0 radical (unpaired) electrons. The fourth-order valence-electron chi connectivity index (χ4n) is 2.12. The topological polar surface area (TPSA) is 75.5 Å². The maximum atomic E-state index is 11.1. The molecule has 1 aliphatic rings. The highest BCUT2D eigenvalue weighted by Crippen LogP contribution is 2.32. The van der Waals surface area contributed by atoms with Crippen LogP contribution in [-0.2, 0) is 4.79 Å². The largest absolute Gasteiger partial charge is 0.481 e. The SMILES string of the molecule is COc1ncc(Cl)c(N2CC(C)C(C(=O)O)C2)n1. The maximum Gasteiger partial charge on any atom is 0.318 e. The molecule has 0 amide bonds. The van der Waals surface area contributed by atoms with E-state index in [1.165, 1.54) is 13.3 Å². The molecule has 1 aromatic rings. The van der Waals surface area contributed by atoms with Crippen LogP contribution in [0.2, 0.25) is 5.02 Å². The second-order valence-electron chi connectivity index (χ2n) is 4.36. The Morgan fingerprint density at radius 3 is 2.89 bits per heavy atom. The number of rotatable bonds is 3. The molecule has 2 atom stereocenters. The normalized spacial score (nSPS) is 23.2. The molecular weight excluding hydrogens is 258 g/mol. The highest BCUT2D eigenvalue weighted by molar-refractivity contribution is 6.32. The molecule has 1 N–H and O–H groups in total. The Kier molecular flexibility index (Phi) is 3.56. The van der Waals surface area contributed by atoms with E-state index in [2.05, 4.69) is 9.97 Å². The van der Waals surface area contributed by atoms with Crippen molar-refractivity contribution in [2.24, 2.45) is 11.8 Å². The van der Waals surface area contributed by atoms with Gasteiger partial charge in [0.25, 0.3) is 0 Å². The van der Waals surface area contributed by atoms with Crippen LogP contribution in [0, 0.1) is 11.8 Å². The predicted molar refractivity (Wildman–Crippen MR) is 66.1 cm³/mol. The summed E-state index contributed by atoms with van der Waals surface area (Å²) in [6.45, 7) is 2.92. The van der Waals surface area contributed by atoms with Gasteiger partial charge in [-0.25, -0.2) is 4.98 Å². The fourth-order valence-corrected chi connectivity index (χ4v) is 2.33. The van der Waals surface area contributed by atoms with Crippen molar-refractivity contribution in [2.75, 3.05) is 25.1 Å². The van der Waals surface area contributed by atoms with Crippen LogP contribution in [0.5, 0.6) is 6.01 Å². The number of aromatic nitrogens is 2. The van der Waals surface area contributed by atoms with Crippen LogP contribution in [-0.4, -0.2) is 41.2 Å². The van der Waals surface area contributed by atoms with E-state index < -0.39 is 11.9 Å². The van der Waals surface area contributed by atoms with Crippen molar-refractivity contribution in [1.82, 2.24) is 9.97 Å². The minimum atomic E-state index is -0.790. The number of carboxylic acid groups (broad SMARTS) is 1. The molecule has 2 unspecified atom stereocenters. The lowest BCUT2D eigenvalue weighted by Gasteiger charge is -2.18. The van der Waals surface area contributed by atoms with Gasteiger partial charge in [-0.15, -0.1) is 0 Å². The zero-order valence-electron chi connectivity index (χ0n) is 10.1. The number of ether oxygens (including phenoxy) is 1. The Labute approximate surface area is 110 Å². The van der Waals surface area contributed by atoms with Gasteiger partial charge < -0.3 is 14.7 Å². The minimum Gasteiger partial charge on any atom is -0.481 e. The molecule has 6 nitrogen and oxygen atoms in total. The maximum absolute atomic E-state index is 11.1. The molecule has 1 aromatic heterocycles. The van der Waals surface area contributed by atoms with E-state index in [1.807, 2.05) is 11.8 Å². The van der Waals surface area contributed by atoms with E-state index in [-0.39, 0.29) is 11.9 Å². The average molecular weight is 272 g/mol. The number of carbonyl (C=O) groups is 1. The Morgan fingerprint density at radius 2 is 2.33 bits per heavy atom. The molecule has 0 aromatic carbocycles. The zero-order chi connectivity index (χ0) is 13.3. The van der Waals surface area contributed by atoms with Gasteiger partial charge in [-0.05, 0) is 5.92 Å². The number of halogens is 1. The number of anilines is 1. The number of aliphatic carboxylic acids is 1. The first kappa shape index (κ1) is 12.9. The Morgan fingerprint density at radius 1 is 1.61 bits per heavy atom. The van der Waals surface area contributed by atoms with E-state index in [0.717, 1.165) is 0 Å². The first-order valence-corrected chi connectivity index (χ1v) is 5.95. The van der Waals surface area contributed by atoms with E-state index in [0.29, 0.717) is 23.9 Å². The monoisotopic (exact) mass is 271 g/mol. The summed E-state index contributed by atoms with van der Waals surface area (Å²) in [4.78, 5) is 21.0. The summed E-state index contributed by atoms with van der Waals surface area (Å²) < 4.78 is 4.95. The van der Waals surface area contributed by atoms with Crippen LogP contribution in [0.3, 0.4) is 0 Å². The van der Waals surface area contributed by atoms with E-state index >= 15 is 0 Å². The smallest absolute Gasteiger partial charge is 0.318 e. The Bertz CT molecular complexity index is 469. The molecule has 0 saturated carbocycles. The van der Waals surface area contributed by atoms with Crippen LogP contribution in [0.25, 0.3) is 0 Å². The van der Waals surface area contributed by atoms with Crippen molar-refractivity contribution in [3.8, 4) is 6.01 Å². The second-order valence-corrected chi connectivity index (χ2v) is 4.76. The molecule has 2 rings (SSSR count). The van der Waals surface area contributed by atoms with E-state index in [9.17, 15) is 4.79 Å². The Hall–Kier alpha value is -1.56. The van der Waals surface area contributed by atoms with Crippen molar-refractivity contribution >= 4 is 23.4 Å². The van der Waals surface area contributed by atoms with Gasteiger partial charge in [0, 0.05) is 13.1 Å². The molecule has 2 heterocycles. The fraction of sp³-hybridized carbons (Fsp3) is 0.545. The summed E-state index contributed by atoms with van der Waals surface area (Å²) in [5.74, 6) is -0.609. The summed E-state index contributed by atoms with van der Waals surface area (Å²) in [6, 6.07) is 0.223. The van der Waals surface area contributed by atoms with Crippen molar-refractivity contribution in [1.29, 1.82) is 0 Å². The average Bonchev–Trinajstić information content (AvgIpc) is 2.72. The van der Waals surface area contributed by atoms with Crippen LogP contribution in [0.1, 0.15) is 6.92 Å². The third kappa shape index (κ3) is 2.33. The molecule has 1 fully saturated rings. The summed E-state index contributed by atoms with van der Waals surface area (Å²) in [7, 11) is 1.47. The van der Waals surface area contributed by atoms with E-state index in [1.54, 1.807) is 0 Å². The van der Waals surface area contributed by atoms with Crippen LogP contribution < -0.4 is 9.64 Å². The first-order chi connectivity index (χ1) is 8.52. The summed E-state index contributed by atoms with van der Waals surface area (Å²) in [5.41, 5.74) is 0. The third-order valence-electron chi connectivity index (χ3n) is 3.12. The molecule has 98 valence electrons. The van der Waals surface area contributed by atoms with Crippen molar-refractivity contribution < 1.29 is 14.6 Å². The first-order valence-electron chi connectivity index (χ1n) is 5.57. The molecule has 18 heavy (non-hydrogen) atoms. The lowest BCUT2D eigenvalue weighted by Crippen LogP contribution is -2.24. The van der Waals surface area contributed by atoms with Gasteiger partial charge >= 0.3 is 12.0 Å². The Balaban J connectivity index is 2.25.